The number of aromatic nitrogens is 3. The largest absolute Gasteiger partial charge is 0.488 e. The van der Waals surface area contributed by atoms with Gasteiger partial charge in [-0.3, -0.25) is 9.78 Å². The van der Waals surface area contributed by atoms with E-state index in [2.05, 4.69) is 27.0 Å². The standard InChI is InChI=1S/C20H20N4O3/c1-13(2)12-26-17-9-5-4-8-16(17)19(25)22-14(3)20-23-18(24-27-20)15-7-6-10-21-11-15/h4-11,14H,1,12H2,2-3H3,(H,22,25). The number of pyridine rings is 1. The lowest BCUT2D eigenvalue weighted by atomic mass is 10.1. The molecule has 1 unspecified atom stereocenters. The van der Waals surface area contributed by atoms with Gasteiger partial charge < -0.3 is 14.6 Å². The average molecular weight is 364 g/mol. The minimum atomic E-state index is -0.468. The second-order valence-electron chi connectivity index (χ2n) is 6.14. The minimum absolute atomic E-state index is 0.291. The molecule has 1 amide bonds. The van der Waals surface area contributed by atoms with Crippen LogP contribution in [-0.2, 0) is 0 Å². The molecule has 1 aromatic carbocycles. The van der Waals surface area contributed by atoms with Crippen molar-refractivity contribution < 1.29 is 14.1 Å². The molecule has 0 spiro atoms. The molecule has 0 fully saturated rings. The third-order valence-corrected chi connectivity index (χ3v) is 3.69. The van der Waals surface area contributed by atoms with E-state index in [1.165, 1.54) is 0 Å². The fourth-order valence-electron chi connectivity index (χ4n) is 2.34. The first-order valence-corrected chi connectivity index (χ1v) is 8.45. The molecule has 2 heterocycles. The molecule has 0 saturated carbocycles. The van der Waals surface area contributed by atoms with Gasteiger partial charge >= 0.3 is 0 Å². The molecule has 0 aliphatic rings. The Bertz CT molecular complexity index is 937. The number of carbonyl (C=O) groups excluding carboxylic acids is 1. The molecule has 138 valence electrons. The number of benzene rings is 1. The van der Waals surface area contributed by atoms with Gasteiger partial charge in [-0.05, 0) is 43.7 Å². The highest BCUT2D eigenvalue weighted by molar-refractivity contribution is 5.97. The average Bonchev–Trinajstić information content (AvgIpc) is 3.17. The van der Waals surface area contributed by atoms with Crippen LogP contribution in [0.1, 0.15) is 36.1 Å². The summed E-state index contributed by atoms with van der Waals surface area (Å²) in [6, 6.07) is 10.2. The molecule has 1 N–H and O–H groups in total. The number of carbonyl (C=O) groups is 1. The Morgan fingerprint density at radius 3 is 2.85 bits per heavy atom. The molecule has 0 aliphatic heterocycles. The molecule has 3 rings (SSSR count). The highest BCUT2D eigenvalue weighted by Crippen LogP contribution is 2.21. The van der Waals surface area contributed by atoms with Gasteiger partial charge in [-0.2, -0.15) is 4.98 Å². The van der Waals surface area contributed by atoms with Gasteiger partial charge in [-0.25, -0.2) is 0 Å². The predicted octanol–water partition coefficient (Wildman–Crippen LogP) is 3.58. The molecular formula is C20H20N4O3. The van der Waals surface area contributed by atoms with Crippen LogP contribution in [0.4, 0.5) is 0 Å². The smallest absolute Gasteiger partial charge is 0.255 e. The molecule has 0 bridgehead atoms. The number of ether oxygens (including phenoxy) is 1. The van der Waals surface area contributed by atoms with E-state index in [9.17, 15) is 4.79 Å². The van der Waals surface area contributed by atoms with Crippen LogP contribution in [0.5, 0.6) is 5.75 Å². The van der Waals surface area contributed by atoms with E-state index in [0.717, 1.165) is 11.1 Å². The summed E-state index contributed by atoms with van der Waals surface area (Å²) in [6.45, 7) is 7.78. The summed E-state index contributed by atoms with van der Waals surface area (Å²) >= 11 is 0. The fraction of sp³-hybridized carbons (Fsp3) is 0.200. The molecule has 0 aliphatic carbocycles. The van der Waals surface area contributed by atoms with Gasteiger partial charge in [0.05, 0.1) is 5.56 Å². The van der Waals surface area contributed by atoms with E-state index in [-0.39, 0.29) is 5.91 Å². The molecule has 27 heavy (non-hydrogen) atoms. The van der Waals surface area contributed by atoms with Crippen molar-refractivity contribution in [1.29, 1.82) is 0 Å². The Balaban J connectivity index is 1.71. The Morgan fingerprint density at radius 1 is 1.30 bits per heavy atom. The Hall–Kier alpha value is -3.48. The molecule has 7 heteroatoms. The van der Waals surface area contributed by atoms with Gasteiger partial charge in [0.25, 0.3) is 5.91 Å². The van der Waals surface area contributed by atoms with Gasteiger partial charge in [0.15, 0.2) is 0 Å². The molecule has 7 nitrogen and oxygen atoms in total. The van der Waals surface area contributed by atoms with E-state index in [1.807, 2.05) is 19.1 Å². The third-order valence-electron chi connectivity index (χ3n) is 3.69. The van der Waals surface area contributed by atoms with Crippen LogP contribution in [0.3, 0.4) is 0 Å². The Labute approximate surface area is 157 Å². The van der Waals surface area contributed by atoms with E-state index in [1.54, 1.807) is 43.6 Å². The number of nitrogens with zero attached hydrogens (tertiary/aromatic N) is 3. The summed E-state index contributed by atoms with van der Waals surface area (Å²) < 4.78 is 10.9. The number of rotatable bonds is 7. The van der Waals surface area contributed by atoms with Crippen molar-refractivity contribution in [3.63, 3.8) is 0 Å². The first-order valence-electron chi connectivity index (χ1n) is 8.45. The summed E-state index contributed by atoms with van der Waals surface area (Å²) in [7, 11) is 0. The maximum atomic E-state index is 12.7. The van der Waals surface area contributed by atoms with Crippen molar-refractivity contribution in [2.24, 2.45) is 0 Å². The third kappa shape index (κ3) is 4.58. The monoisotopic (exact) mass is 364 g/mol. The number of nitrogens with one attached hydrogen (secondary N) is 1. The van der Waals surface area contributed by atoms with Crippen LogP contribution in [0, 0.1) is 0 Å². The number of hydrogen-bond acceptors (Lipinski definition) is 6. The van der Waals surface area contributed by atoms with Gasteiger partial charge in [0.2, 0.25) is 11.7 Å². The summed E-state index contributed by atoms with van der Waals surface area (Å²) in [5.41, 5.74) is 2.04. The van der Waals surface area contributed by atoms with Crippen LogP contribution in [0.15, 0.2) is 65.5 Å². The molecule has 0 radical (unpaired) electrons. The maximum Gasteiger partial charge on any atom is 0.255 e. The predicted molar refractivity (Wildman–Crippen MR) is 100 cm³/mol. The van der Waals surface area contributed by atoms with Crippen LogP contribution in [-0.4, -0.2) is 27.6 Å². The molecular weight excluding hydrogens is 344 g/mol. The summed E-state index contributed by atoms with van der Waals surface area (Å²) in [6.07, 6.45) is 3.31. The van der Waals surface area contributed by atoms with Gasteiger partial charge in [0, 0.05) is 18.0 Å². The zero-order chi connectivity index (χ0) is 19.2. The summed E-state index contributed by atoms with van der Waals surface area (Å²) in [5.74, 6) is 0.930. The van der Waals surface area contributed by atoms with Crippen molar-refractivity contribution in [2.75, 3.05) is 6.61 Å². The van der Waals surface area contributed by atoms with Crippen molar-refractivity contribution in [2.45, 2.75) is 19.9 Å². The summed E-state index contributed by atoms with van der Waals surface area (Å²) in [5, 5.41) is 6.79. The van der Waals surface area contributed by atoms with Gasteiger partial charge in [-0.1, -0.05) is 23.9 Å². The Kier molecular flexibility index (Phi) is 5.61. The first-order chi connectivity index (χ1) is 13.0. The minimum Gasteiger partial charge on any atom is -0.488 e. The SMILES string of the molecule is C=C(C)COc1ccccc1C(=O)NC(C)c1nc(-c2cccnc2)no1. The highest BCUT2D eigenvalue weighted by Gasteiger charge is 2.20. The second-order valence-corrected chi connectivity index (χ2v) is 6.14. The van der Waals surface area contributed by atoms with Crippen LogP contribution in [0.2, 0.25) is 0 Å². The Morgan fingerprint density at radius 2 is 2.11 bits per heavy atom. The molecule has 2 aromatic heterocycles. The molecule has 3 aromatic rings. The normalized spacial score (nSPS) is 11.6. The summed E-state index contributed by atoms with van der Waals surface area (Å²) in [4.78, 5) is 21.0. The number of para-hydroxylation sites is 1. The van der Waals surface area contributed by atoms with E-state index in [4.69, 9.17) is 9.26 Å². The van der Waals surface area contributed by atoms with Crippen molar-refractivity contribution in [3.8, 4) is 17.1 Å². The number of hydrogen-bond donors (Lipinski definition) is 1. The van der Waals surface area contributed by atoms with Gasteiger partial charge in [0.1, 0.15) is 18.4 Å². The first kappa shape index (κ1) is 18.3. The molecule has 0 saturated heterocycles. The zero-order valence-corrected chi connectivity index (χ0v) is 15.2. The fourth-order valence-corrected chi connectivity index (χ4v) is 2.34. The van der Waals surface area contributed by atoms with E-state index in [0.29, 0.717) is 29.6 Å². The quantitative estimate of drug-likeness (QED) is 0.645. The zero-order valence-electron chi connectivity index (χ0n) is 15.2. The second kappa shape index (κ2) is 8.27. The molecule has 1 atom stereocenters. The lowest BCUT2D eigenvalue weighted by molar-refractivity contribution is 0.0929. The van der Waals surface area contributed by atoms with Gasteiger partial charge in [-0.15, -0.1) is 0 Å². The van der Waals surface area contributed by atoms with E-state index >= 15 is 0 Å². The van der Waals surface area contributed by atoms with Crippen molar-refractivity contribution in [3.05, 3.63) is 72.4 Å². The van der Waals surface area contributed by atoms with E-state index < -0.39 is 6.04 Å². The van der Waals surface area contributed by atoms with Crippen molar-refractivity contribution in [1.82, 2.24) is 20.4 Å². The lowest BCUT2D eigenvalue weighted by Gasteiger charge is -2.13. The highest BCUT2D eigenvalue weighted by atomic mass is 16.5. The van der Waals surface area contributed by atoms with Crippen LogP contribution >= 0.6 is 0 Å². The maximum absolute atomic E-state index is 12.7. The lowest BCUT2D eigenvalue weighted by Crippen LogP contribution is -2.27. The van der Waals surface area contributed by atoms with Crippen LogP contribution < -0.4 is 10.1 Å². The van der Waals surface area contributed by atoms with Crippen LogP contribution in [0.25, 0.3) is 11.4 Å². The number of amides is 1. The van der Waals surface area contributed by atoms with Crippen molar-refractivity contribution >= 4 is 5.91 Å². The topological polar surface area (TPSA) is 90.1 Å².